The summed E-state index contributed by atoms with van der Waals surface area (Å²) in [4.78, 5) is 10.4. The molecule has 9 nitrogen and oxygen atoms in total. The summed E-state index contributed by atoms with van der Waals surface area (Å²) in [6.45, 7) is 1.39. The Morgan fingerprint density at radius 3 is 2.65 bits per heavy atom. The van der Waals surface area contributed by atoms with Gasteiger partial charge in [0, 0.05) is 6.54 Å². The van der Waals surface area contributed by atoms with Crippen molar-refractivity contribution in [2.24, 2.45) is 10.9 Å². The molecule has 1 unspecified atom stereocenters. The minimum absolute atomic E-state index is 0.0181. The van der Waals surface area contributed by atoms with Crippen LogP contribution in [0.1, 0.15) is 0 Å². The highest BCUT2D eigenvalue weighted by Gasteiger charge is 2.26. The summed E-state index contributed by atoms with van der Waals surface area (Å²) >= 11 is 0. The molecule has 1 aromatic rings. The lowest BCUT2D eigenvalue weighted by Crippen LogP contribution is -2.49. The third-order valence-electron chi connectivity index (χ3n) is 2.88. The van der Waals surface area contributed by atoms with Crippen molar-refractivity contribution in [3.63, 3.8) is 0 Å². The van der Waals surface area contributed by atoms with Gasteiger partial charge in [0.2, 0.25) is 17.7 Å². The van der Waals surface area contributed by atoms with Gasteiger partial charge in [-0.05, 0) is 0 Å². The molecule has 0 aliphatic carbocycles. The number of ether oxygens (including phenoxy) is 3. The van der Waals surface area contributed by atoms with E-state index < -0.39 is 6.10 Å². The van der Waals surface area contributed by atoms with Crippen molar-refractivity contribution in [3.8, 4) is 11.8 Å². The number of nitrogens with two attached hydrogens (primary N) is 1. The van der Waals surface area contributed by atoms with Crippen molar-refractivity contribution < 1.29 is 19.4 Å². The zero-order valence-corrected chi connectivity index (χ0v) is 11.3. The monoisotopic (exact) mass is 283 g/mol. The molecule has 2 rings (SSSR count). The zero-order valence-electron chi connectivity index (χ0n) is 11.3. The molecule has 2 heterocycles. The maximum Gasteiger partial charge on any atom is 0.232 e. The van der Waals surface area contributed by atoms with Crippen LogP contribution in [-0.2, 0) is 4.74 Å². The number of anilines is 1. The van der Waals surface area contributed by atoms with Crippen LogP contribution in [0.3, 0.4) is 0 Å². The van der Waals surface area contributed by atoms with Gasteiger partial charge in [-0.15, -0.1) is 0 Å². The Labute approximate surface area is 116 Å². The van der Waals surface area contributed by atoms with E-state index in [0.29, 0.717) is 37.4 Å². The molecular formula is C11H17N5O4. The number of morpholine rings is 1. The van der Waals surface area contributed by atoms with Gasteiger partial charge in [-0.3, -0.25) is 0 Å². The molecule has 0 aromatic carbocycles. The average molecular weight is 283 g/mol. The van der Waals surface area contributed by atoms with E-state index in [9.17, 15) is 0 Å². The van der Waals surface area contributed by atoms with E-state index >= 15 is 0 Å². The summed E-state index contributed by atoms with van der Waals surface area (Å²) in [5, 5.41) is 11.7. The van der Waals surface area contributed by atoms with Crippen molar-refractivity contribution in [1.82, 2.24) is 9.97 Å². The van der Waals surface area contributed by atoms with Crippen LogP contribution in [0, 0.1) is 0 Å². The second kappa shape index (κ2) is 6.24. The molecule has 0 saturated carbocycles. The van der Waals surface area contributed by atoms with Gasteiger partial charge in [-0.1, -0.05) is 5.16 Å². The number of amidine groups is 1. The zero-order chi connectivity index (χ0) is 14.5. The minimum Gasteiger partial charge on any atom is -0.481 e. The van der Waals surface area contributed by atoms with Gasteiger partial charge in [-0.2, -0.15) is 9.97 Å². The predicted octanol–water partition coefficient (Wildman–Crippen LogP) is -0.555. The van der Waals surface area contributed by atoms with Crippen molar-refractivity contribution >= 4 is 11.8 Å². The molecule has 1 aromatic heterocycles. The Morgan fingerprint density at radius 2 is 2.10 bits per heavy atom. The van der Waals surface area contributed by atoms with Crippen molar-refractivity contribution in [2.45, 2.75) is 6.10 Å². The lowest BCUT2D eigenvalue weighted by Gasteiger charge is -2.32. The van der Waals surface area contributed by atoms with E-state index in [4.69, 9.17) is 25.2 Å². The summed E-state index contributed by atoms with van der Waals surface area (Å²) in [6.07, 6.45) is -0.505. The molecule has 1 aliphatic heterocycles. The first-order chi connectivity index (χ1) is 9.67. The Kier molecular flexibility index (Phi) is 4.41. The quantitative estimate of drug-likeness (QED) is 0.327. The largest absolute Gasteiger partial charge is 0.481 e. The third kappa shape index (κ3) is 2.99. The number of rotatable bonds is 4. The van der Waals surface area contributed by atoms with Gasteiger partial charge in [0.25, 0.3) is 0 Å². The fraction of sp³-hybridized carbons (Fsp3) is 0.545. The highest BCUT2D eigenvalue weighted by atomic mass is 16.5. The fourth-order valence-electron chi connectivity index (χ4n) is 1.82. The molecule has 1 atom stereocenters. The summed E-state index contributed by atoms with van der Waals surface area (Å²) in [5.74, 6) is 1.27. The van der Waals surface area contributed by atoms with Gasteiger partial charge >= 0.3 is 0 Å². The number of methoxy groups -OCH3 is 2. The number of nitrogens with zero attached hydrogens (tertiary/aromatic N) is 4. The van der Waals surface area contributed by atoms with E-state index in [0.717, 1.165) is 0 Å². The second-order valence-corrected chi connectivity index (χ2v) is 4.08. The van der Waals surface area contributed by atoms with Crippen LogP contribution in [0.5, 0.6) is 11.8 Å². The van der Waals surface area contributed by atoms with Crippen LogP contribution in [0.25, 0.3) is 0 Å². The summed E-state index contributed by atoms with van der Waals surface area (Å²) in [5.41, 5.74) is 5.56. The number of oxime groups is 1. The van der Waals surface area contributed by atoms with Crippen molar-refractivity contribution in [3.05, 3.63) is 6.07 Å². The van der Waals surface area contributed by atoms with Gasteiger partial charge in [0.1, 0.15) is 6.10 Å². The number of hydrogen-bond donors (Lipinski definition) is 2. The van der Waals surface area contributed by atoms with Crippen LogP contribution >= 0.6 is 0 Å². The Morgan fingerprint density at radius 1 is 1.45 bits per heavy atom. The fourth-order valence-corrected chi connectivity index (χ4v) is 1.82. The molecule has 0 radical (unpaired) electrons. The molecular weight excluding hydrogens is 266 g/mol. The topological polar surface area (TPSA) is 115 Å². The maximum absolute atomic E-state index is 8.70. The van der Waals surface area contributed by atoms with Gasteiger partial charge in [0.05, 0.1) is 33.4 Å². The molecule has 0 amide bonds. The smallest absolute Gasteiger partial charge is 0.232 e. The number of aromatic nitrogens is 2. The van der Waals surface area contributed by atoms with E-state index in [1.165, 1.54) is 14.2 Å². The molecule has 1 fully saturated rings. The normalized spacial score (nSPS) is 19.8. The first-order valence-corrected chi connectivity index (χ1v) is 5.99. The highest BCUT2D eigenvalue weighted by Crippen LogP contribution is 2.21. The molecule has 3 N–H and O–H groups in total. The predicted molar refractivity (Wildman–Crippen MR) is 70.5 cm³/mol. The number of hydrogen-bond acceptors (Lipinski definition) is 8. The second-order valence-electron chi connectivity index (χ2n) is 4.08. The van der Waals surface area contributed by atoms with Gasteiger partial charge in [-0.25, -0.2) is 0 Å². The van der Waals surface area contributed by atoms with Crippen LogP contribution in [0.4, 0.5) is 5.95 Å². The van der Waals surface area contributed by atoms with E-state index in [-0.39, 0.29) is 5.84 Å². The lowest BCUT2D eigenvalue weighted by molar-refractivity contribution is 0.0799. The molecule has 20 heavy (non-hydrogen) atoms. The molecule has 110 valence electrons. The van der Waals surface area contributed by atoms with Crippen LogP contribution in [0.15, 0.2) is 11.2 Å². The van der Waals surface area contributed by atoms with Crippen LogP contribution < -0.4 is 20.1 Å². The SMILES string of the molecule is COc1cc(OC)nc(N2CCOC(/C(N)=N/O)C2)n1. The molecule has 1 saturated heterocycles. The first kappa shape index (κ1) is 14.1. The van der Waals surface area contributed by atoms with Crippen molar-refractivity contribution in [2.75, 3.05) is 38.8 Å². The van der Waals surface area contributed by atoms with E-state index in [1.807, 2.05) is 4.90 Å². The average Bonchev–Trinajstić information content (AvgIpc) is 2.53. The summed E-state index contributed by atoms with van der Waals surface area (Å²) in [6, 6.07) is 1.59. The molecule has 0 bridgehead atoms. The van der Waals surface area contributed by atoms with Crippen LogP contribution in [0.2, 0.25) is 0 Å². The van der Waals surface area contributed by atoms with Gasteiger partial charge < -0.3 is 30.1 Å². The first-order valence-electron chi connectivity index (χ1n) is 5.99. The van der Waals surface area contributed by atoms with Crippen LogP contribution in [-0.4, -0.2) is 61.0 Å². The van der Waals surface area contributed by atoms with Gasteiger partial charge in [0.15, 0.2) is 5.84 Å². The standard InChI is InChI=1S/C11H17N5O4/c1-18-8-5-9(19-2)14-11(13-8)16-3-4-20-7(6-16)10(12)15-17/h5,7,17H,3-4,6H2,1-2H3,(H2,12,15). The Hall–Kier alpha value is -2.29. The summed E-state index contributed by atoms with van der Waals surface area (Å²) < 4.78 is 15.6. The Balaban J connectivity index is 2.22. The maximum atomic E-state index is 8.70. The third-order valence-corrected chi connectivity index (χ3v) is 2.88. The van der Waals surface area contributed by atoms with Crippen molar-refractivity contribution in [1.29, 1.82) is 0 Å². The molecule has 9 heteroatoms. The molecule has 0 spiro atoms. The molecule has 1 aliphatic rings. The highest BCUT2D eigenvalue weighted by molar-refractivity contribution is 5.85. The lowest BCUT2D eigenvalue weighted by atomic mass is 10.2. The van der Waals surface area contributed by atoms with E-state index in [1.54, 1.807) is 6.07 Å². The van der Waals surface area contributed by atoms with E-state index in [2.05, 4.69) is 15.1 Å². The Bertz CT molecular complexity index is 473. The minimum atomic E-state index is -0.505. The summed E-state index contributed by atoms with van der Waals surface area (Å²) in [7, 11) is 3.04.